The number of nitrogens with zero attached hydrogens (tertiary/aromatic N) is 1. The molecule has 1 unspecified atom stereocenters. The molecule has 0 aliphatic carbocycles. The summed E-state index contributed by atoms with van der Waals surface area (Å²) in [6.45, 7) is 25.7. The second-order valence-electron chi connectivity index (χ2n) is 6.92. The molecule has 0 heterocycles. The van der Waals surface area contributed by atoms with Crippen LogP contribution in [0.25, 0.3) is 0 Å². The molecule has 110 valence electrons. The molecule has 0 spiro atoms. The average molecular weight is 263 g/mol. The molecule has 0 aromatic carbocycles. The van der Waals surface area contributed by atoms with E-state index < -0.39 is 0 Å². The second-order valence-corrected chi connectivity index (χ2v) is 6.92. The molecule has 0 aromatic rings. The van der Waals surface area contributed by atoms with E-state index >= 15 is 0 Å². The Morgan fingerprint density at radius 3 is 2.05 bits per heavy atom. The van der Waals surface area contributed by atoms with Gasteiger partial charge in [-0.2, -0.15) is 0 Å². The molecular formula is C18H33N. The summed E-state index contributed by atoms with van der Waals surface area (Å²) >= 11 is 0. The predicted molar refractivity (Wildman–Crippen MR) is 88.2 cm³/mol. The number of hydrogen-bond donors (Lipinski definition) is 0. The summed E-state index contributed by atoms with van der Waals surface area (Å²) in [5, 5.41) is 0. The molecule has 0 N–H and O–H groups in total. The van der Waals surface area contributed by atoms with Crippen molar-refractivity contribution in [3.8, 4) is 0 Å². The van der Waals surface area contributed by atoms with Gasteiger partial charge in [0.05, 0.1) is 0 Å². The van der Waals surface area contributed by atoms with Crippen molar-refractivity contribution >= 4 is 0 Å². The molecule has 19 heavy (non-hydrogen) atoms. The maximum Gasteiger partial charge on any atom is 0.0427 e. The highest BCUT2D eigenvalue weighted by molar-refractivity contribution is 5.16. The van der Waals surface area contributed by atoms with E-state index in [-0.39, 0.29) is 11.0 Å². The highest BCUT2D eigenvalue weighted by Crippen LogP contribution is 2.42. The highest BCUT2D eigenvalue weighted by atomic mass is 15.2. The fourth-order valence-electron chi connectivity index (χ4n) is 2.24. The van der Waals surface area contributed by atoms with Crippen LogP contribution in [0.15, 0.2) is 37.1 Å². The maximum absolute atomic E-state index is 4.28. The topological polar surface area (TPSA) is 3.24 Å². The molecule has 0 saturated heterocycles. The Morgan fingerprint density at radius 1 is 1.21 bits per heavy atom. The summed E-state index contributed by atoms with van der Waals surface area (Å²) in [4.78, 5) is 2.32. The minimum Gasteiger partial charge on any atom is -0.372 e. The molecule has 0 radical (unpaired) electrons. The normalized spacial score (nSPS) is 13.8. The van der Waals surface area contributed by atoms with Crippen LogP contribution < -0.4 is 0 Å². The lowest BCUT2D eigenvalue weighted by molar-refractivity contribution is 0.0798. The molecule has 0 rings (SSSR count). The highest BCUT2D eigenvalue weighted by Gasteiger charge is 2.41. The van der Waals surface area contributed by atoms with E-state index in [4.69, 9.17) is 0 Å². The fraction of sp³-hybridized carbons (Fsp3) is 0.667. The summed E-state index contributed by atoms with van der Waals surface area (Å²) in [6.07, 6.45) is 4.04. The Bertz CT molecular complexity index is 347. The second kappa shape index (κ2) is 6.45. The first-order valence-corrected chi connectivity index (χ1v) is 7.17. The number of allylic oxidation sites excluding steroid dienone is 2. The molecule has 1 nitrogen and oxygen atoms in total. The molecular weight excluding hydrogens is 230 g/mol. The van der Waals surface area contributed by atoms with Gasteiger partial charge in [0, 0.05) is 23.7 Å². The molecule has 0 aliphatic heterocycles. The van der Waals surface area contributed by atoms with Gasteiger partial charge in [0.25, 0.3) is 0 Å². The Balaban J connectivity index is 4.98. The Kier molecular flexibility index (Phi) is 6.12. The first-order chi connectivity index (χ1) is 8.48. The molecule has 0 bridgehead atoms. The van der Waals surface area contributed by atoms with Gasteiger partial charge >= 0.3 is 0 Å². The lowest BCUT2D eigenvalue weighted by Gasteiger charge is -2.50. The molecule has 0 aromatic heterocycles. The van der Waals surface area contributed by atoms with Crippen LogP contribution in [0, 0.1) is 11.3 Å². The summed E-state index contributed by atoms with van der Waals surface area (Å²) in [5.74, 6) is 0.594. The summed E-state index contributed by atoms with van der Waals surface area (Å²) in [5.41, 5.74) is 2.42. The van der Waals surface area contributed by atoms with E-state index in [0.717, 1.165) is 12.8 Å². The first-order valence-electron chi connectivity index (χ1n) is 7.17. The van der Waals surface area contributed by atoms with Crippen molar-refractivity contribution in [1.29, 1.82) is 0 Å². The van der Waals surface area contributed by atoms with Gasteiger partial charge < -0.3 is 4.90 Å². The van der Waals surface area contributed by atoms with Gasteiger partial charge in [-0.1, -0.05) is 45.6 Å². The van der Waals surface area contributed by atoms with Gasteiger partial charge in [-0.3, -0.25) is 0 Å². The third-order valence-electron chi connectivity index (χ3n) is 5.06. The van der Waals surface area contributed by atoms with Gasteiger partial charge in [0.1, 0.15) is 0 Å². The fourth-order valence-corrected chi connectivity index (χ4v) is 2.24. The average Bonchev–Trinajstić information content (AvgIpc) is 2.27. The van der Waals surface area contributed by atoms with Crippen LogP contribution in [0.1, 0.15) is 54.4 Å². The third-order valence-corrected chi connectivity index (χ3v) is 5.06. The molecule has 1 atom stereocenters. The van der Waals surface area contributed by atoms with Crippen molar-refractivity contribution in [2.75, 3.05) is 7.05 Å². The van der Waals surface area contributed by atoms with Crippen molar-refractivity contribution in [1.82, 2.24) is 4.90 Å². The zero-order chi connectivity index (χ0) is 15.4. The van der Waals surface area contributed by atoms with Crippen molar-refractivity contribution in [2.24, 2.45) is 11.3 Å². The Hall–Kier alpha value is -0.980. The van der Waals surface area contributed by atoms with Crippen LogP contribution in [0.5, 0.6) is 0 Å². The van der Waals surface area contributed by atoms with Crippen molar-refractivity contribution in [2.45, 2.75) is 59.9 Å². The van der Waals surface area contributed by atoms with E-state index in [2.05, 4.69) is 73.2 Å². The molecule has 1 heteroatoms. The van der Waals surface area contributed by atoms with E-state index in [0.29, 0.717) is 5.92 Å². The lowest BCUT2D eigenvalue weighted by atomic mass is 9.69. The molecule has 0 saturated carbocycles. The van der Waals surface area contributed by atoms with Crippen molar-refractivity contribution in [3.05, 3.63) is 37.1 Å². The van der Waals surface area contributed by atoms with E-state index in [1.807, 2.05) is 6.08 Å². The smallest absolute Gasteiger partial charge is 0.0427 e. The van der Waals surface area contributed by atoms with Gasteiger partial charge in [-0.25, -0.2) is 0 Å². The monoisotopic (exact) mass is 263 g/mol. The number of rotatable bonds is 8. The summed E-state index contributed by atoms with van der Waals surface area (Å²) < 4.78 is 0. The SMILES string of the molecule is C=CCC(C)CC(=C)N(C)C(C)(C)C(C)(C)C(=C)C. The van der Waals surface area contributed by atoms with Crippen LogP contribution in [0.3, 0.4) is 0 Å². The quantitative estimate of drug-likeness (QED) is 0.529. The number of hydrogen-bond acceptors (Lipinski definition) is 1. The van der Waals surface area contributed by atoms with E-state index in [1.165, 1.54) is 11.3 Å². The minimum absolute atomic E-state index is 0.0101. The third kappa shape index (κ3) is 3.99. The van der Waals surface area contributed by atoms with Crippen LogP contribution in [0.2, 0.25) is 0 Å². The largest absolute Gasteiger partial charge is 0.372 e. The summed E-state index contributed by atoms with van der Waals surface area (Å²) in [6, 6.07) is 0. The van der Waals surface area contributed by atoms with Gasteiger partial charge in [0.15, 0.2) is 0 Å². The van der Waals surface area contributed by atoms with Crippen LogP contribution in [-0.4, -0.2) is 17.5 Å². The minimum atomic E-state index is -0.0101. The maximum atomic E-state index is 4.28. The standard InChI is InChI=1S/C18H33N/c1-11-12-15(4)13-16(5)19(10)18(8,9)17(6,7)14(2)3/h11,15H,1-2,5,12-13H2,3-4,6-10H3. The van der Waals surface area contributed by atoms with Crippen LogP contribution in [0.4, 0.5) is 0 Å². The molecule has 0 amide bonds. The zero-order valence-corrected chi connectivity index (χ0v) is 14.1. The Morgan fingerprint density at radius 2 is 1.68 bits per heavy atom. The van der Waals surface area contributed by atoms with Gasteiger partial charge in [0.2, 0.25) is 0 Å². The van der Waals surface area contributed by atoms with Crippen LogP contribution in [-0.2, 0) is 0 Å². The van der Waals surface area contributed by atoms with Crippen molar-refractivity contribution in [3.63, 3.8) is 0 Å². The summed E-state index contributed by atoms with van der Waals surface area (Å²) in [7, 11) is 2.15. The molecule has 0 fully saturated rings. The van der Waals surface area contributed by atoms with Crippen molar-refractivity contribution < 1.29 is 0 Å². The van der Waals surface area contributed by atoms with E-state index in [9.17, 15) is 0 Å². The van der Waals surface area contributed by atoms with Crippen LogP contribution >= 0.6 is 0 Å². The van der Waals surface area contributed by atoms with Gasteiger partial charge in [-0.05, 0) is 39.5 Å². The Labute approximate surface area is 121 Å². The predicted octanol–water partition coefficient (Wildman–Crippen LogP) is 5.42. The lowest BCUT2D eigenvalue weighted by Crippen LogP contribution is -2.52. The van der Waals surface area contributed by atoms with E-state index in [1.54, 1.807) is 0 Å². The van der Waals surface area contributed by atoms with Gasteiger partial charge in [-0.15, -0.1) is 6.58 Å². The zero-order valence-electron chi connectivity index (χ0n) is 14.1. The first kappa shape index (κ1) is 18.0. The molecule has 0 aliphatic rings.